The molecule has 1 aromatic rings. The third kappa shape index (κ3) is 3.80. The quantitative estimate of drug-likeness (QED) is 0.636. The number of nitrogens with zero attached hydrogens (tertiary/aromatic N) is 2. The van der Waals surface area contributed by atoms with E-state index in [0.29, 0.717) is 11.4 Å². The molecule has 3 N–H and O–H groups in total. The summed E-state index contributed by atoms with van der Waals surface area (Å²) in [5.74, 6) is -1.40. The Balaban J connectivity index is 3.16. The second kappa shape index (κ2) is 6.35. The van der Waals surface area contributed by atoms with E-state index in [1.807, 2.05) is 0 Å². The fraction of sp³-hybridized carbons (Fsp3) is 0.500. The van der Waals surface area contributed by atoms with Crippen LogP contribution in [0.3, 0.4) is 0 Å². The molecule has 7 heteroatoms. The van der Waals surface area contributed by atoms with Gasteiger partial charge in [-0.1, -0.05) is 0 Å². The van der Waals surface area contributed by atoms with Crippen LogP contribution >= 0.6 is 0 Å². The Kier molecular flexibility index (Phi) is 5.08. The molecule has 1 rings (SSSR count). The van der Waals surface area contributed by atoms with Crippen molar-refractivity contribution in [2.45, 2.75) is 20.0 Å². The Morgan fingerprint density at radius 3 is 2.63 bits per heavy atom. The molecule has 0 bridgehead atoms. The SMILES string of the molecule is Cc1cc(=O)c(O)c(CN(C)CC(=O)O)n1CCO. The van der Waals surface area contributed by atoms with Gasteiger partial charge in [0.25, 0.3) is 0 Å². The molecule has 0 amide bonds. The predicted molar refractivity (Wildman–Crippen MR) is 68.2 cm³/mol. The van der Waals surface area contributed by atoms with Crippen molar-refractivity contribution in [3.63, 3.8) is 0 Å². The summed E-state index contributed by atoms with van der Waals surface area (Å²) in [6.45, 7) is 1.68. The molecule has 0 aliphatic carbocycles. The van der Waals surface area contributed by atoms with E-state index < -0.39 is 17.1 Å². The lowest BCUT2D eigenvalue weighted by Crippen LogP contribution is -2.28. The van der Waals surface area contributed by atoms with Crippen LogP contribution < -0.4 is 5.43 Å². The molecular weight excluding hydrogens is 252 g/mol. The highest BCUT2D eigenvalue weighted by atomic mass is 16.4. The summed E-state index contributed by atoms with van der Waals surface area (Å²) in [6, 6.07) is 1.28. The predicted octanol–water partition coefficient (Wildman–Crippen LogP) is -0.629. The zero-order valence-electron chi connectivity index (χ0n) is 11.0. The number of likely N-dealkylation sites (N-methyl/N-ethyl adjacent to an activating group) is 1. The van der Waals surface area contributed by atoms with Crippen molar-refractivity contribution in [2.24, 2.45) is 0 Å². The number of aliphatic hydroxyl groups excluding tert-OH is 1. The van der Waals surface area contributed by atoms with Crippen LogP contribution in [0.25, 0.3) is 0 Å². The number of aromatic hydroxyl groups is 1. The maximum atomic E-state index is 11.6. The van der Waals surface area contributed by atoms with Crippen molar-refractivity contribution >= 4 is 5.97 Å². The van der Waals surface area contributed by atoms with Crippen LogP contribution in [-0.4, -0.2) is 51.0 Å². The molecule has 0 radical (unpaired) electrons. The minimum absolute atomic E-state index is 0.106. The lowest BCUT2D eigenvalue weighted by atomic mass is 10.2. The van der Waals surface area contributed by atoms with Crippen LogP contribution in [0.15, 0.2) is 10.9 Å². The first-order valence-corrected chi connectivity index (χ1v) is 5.80. The molecule has 1 heterocycles. The van der Waals surface area contributed by atoms with Crippen LogP contribution in [0.5, 0.6) is 5.75 Å². The number of aliphatic carboxylic acids is 1. The van der Waals surface area contributed by atoms with Crippen molar-refractivity contribution in [3.8, 4) is 5.75 Å². The number of hydrogen-bond acceptors (Lipinski definition) is 5. The third-order valence-electron chi connectivity index (χ3n) is 2.75. The average molecular weight is 270 g/mol. The molecule has 0 saturated carbocycles. The first kappa shape index (κ1) is 15.2. The second-order valence-electron chi connectivity index (χ2n) is 4.39. The normalized spacial score (nSPS) is 10.9. The maximum absolute atomic E-state index is 11.6. The maximum Gasteiger partial charge on any atom is 0.317 e. The van der Waals surface area contributed by atoms with Crippen LogP contribution in [0.2, 0.25) is 0 Å². The fourth-order valence-corrected chi connectivity index (χ4v) is 1.93. The summed E-state index contributed by atoms with van der Waals surface area (Å²) in [5.41, 5.74) is 0.406. The fourth-order valence-electron chi connectivity index (χ4n) is 1.93. The van der Waals surface area contributed by atoms with Crippen LogP contribution in [0, 0.1) is 6.92 Å². The van der Waals surface area contributed by atoms with E-state index in [4.69, 9.17) is 10.2 Å². The second-order valence-corrected chi connectivity index (χ2v) is 4.39. The smallest absolute Gasteiger partial charge is 0.317 e. The van der Waals surface area contributed by atoms with Crippen molar-refractivity contribution < 1.29 is 20.1 Å². The van der Waals surface area contributed by atoms with Gasteiger partial charge in [-0.25, -0.2) is 0 Å². The molecule has 106 valence electrons. The van der Waals surface area contributed by atoms with Gasteiger partial charge in [-0.05, 0) is 14.0 Å². The molecule has 0 spiro atoms. The number of pyridine rings is 1. The molecule has 0 aliphatic heterocycles. The van der Waals surface area contributed by atoms with E-state index in [-0.39, 0.29) is 26.2 Å². The van der Waals surface area contributed by atoms with Gasteiger partial charge >= 0.3 is 5.97 Å². The number of aryl methyl sites for hydroxylation is 1. The summed E-state index contributed by atoms with van der Waals surface area (Å²) in [7, 11) is 1.57. The van der Waals surface area contributed by atoms with E-state index in [0.717, 1.165) is 0 Å². The molecule has 0 aliphatic rings. The number of carboxylic acid groups (broad SMARTS) is 1. The molecule has 0 aromatic carbocycles. The first-order chi connectivity index (χ1) is 8.86. The largest absolute Gasteiger partial charge is 0.503 e. The van der Waals surface area contributed by atoms with E-state index in [9.17, 15) is 14.7 Å². The van der Waals surface area contributed by atoms with Crippen LogP contribution in [0.4, 0.5) is 0 Å². The van der Waals surface area contributed by atoms with E-state index in [2.05, 4.69) is 0 Å². The van der Waals surface area contributed by atoms with Gasteiger partial charge in [0.05, 0.1) is 18.8 Å². The third-order valence-corrected chi connectivity index (χ3v) is 2.75. The summed E-state index contributed by atoms with van der Waals surface area (Å²) >= 11 is 0. The highest BCUT2D eigenvalue weighted by Crippen LogP contribution is 2.16. The van der Waals surface area contributed by atoms with Gasteiger partial charge in [-0.3, -0.25) is 14.5 Å². The molecule has 1 aromatic heterocycles. The number of aliphatic hydroxyl groups is 1. The summed E-state index contributed by atoms with van der Waals surface area (Å²) in [5, 5.41) is 27.5. The lowest BCUT2D eigenvalue weighted by molar-refractivity contribution is -0.138. The Labute approximate surface area is 110 Å². The Bertz CT molecular complexity index is 524. The molecule has 19 heavy (non-hydrogen) atoms. The van der Waals surface area contributed by atoms with E-state index in [1.165, 1.54) is 11.0 Å². The Hall–Kier alpha value is -1.86. The topological polar surface area (TPSA) is 103 Å². The molecular formula is C12H18N2O5. The van der Waals surface area contributed by atoms with Crippen LogP contribution in [0.1, 0.15) is 11.4 Å². The molecule has 0 atom stereocenters. The van der Waals surface area contributed by atoms with E-state index in [1.54, 1.807) is 18.5 Å². The summed E-state index contributed by atoms with van der Waals surface area (Å²) in [6.07, 6.45) is 0. The zero-order chi connectivity index (χ0) is 14.6. The number of aromatic nitrogens is 1. The average Bonchev–Trinajstić information content (AvgIpc) is 2.29. The minimum Gasteiger partial charge on any atom is -0.503 e. The highest BCUT2D eigenvalue weighted by molar-refractivity contribution is 5.69. The monoisotopic (exact) mass is 270 g/mol. The van der Waals surface area contributed by atoms with Gasteiger partial charge < -0.3 is 19.9 Å². The standard InChI is InChI=1S/C12H18N2O5/c1-8-5-10(16)12(19)9(14(8)3-4-15)6-13(2)7-11(17)18/h5,15,19H,3-4,6-7H2,1-2H3,(H,17,18). The number of hydrogen-bond donors (Lipinski definition) is 3. The van der Waals surface area contributed by atoms with Crippen molar-refractivity contribution in [1.82, 2.24) is 9.47 Å². The number of rotatable bonds is 6. The minimum atomic E-state index is -0.995. The van der Waals surface area contributed by atoms with Crippen molar-refractivity contribution in [1.29, 1.82) is 0 Å². The van der Waals surface area contributed by atoms with Crippen LogP contribution in [-0.2, 0) is 17.9 Å². The Morgan fingerprint density at radius 1 is 1.47 bits per heavy atom. The van der Waals surface area contributed by atoms with Gasteiger partial charge in [0.15, 0.2) is 5.75 Å². The summed E-state index contributed by atoms with van der Waals surface area (Å²) < 4.78 is 1.61. The van der Waals surface area contributed by atoms with Gasteiger partial charge in [0.2, 0.25) is 5.43 Å². The summed E-state index contributed by atoms with van der Waals surface area (Å²) in [4.78, 5) is 23.6. The van der Waals surface area contributed by atoms with E-state index >= 15 is 0 Å². The van der Waals surface area contributed by atoms with Gasteiger partial charge in [0.1, 0.15) is 0 Å². The lowest BCUT2D eigenvalue weighted by Gasteiger charge is -2.21. The molecule has 7 nitrogen and oxygen atoms in total. The number of carboxylic acids is 1. The van der Waals surface area contributed by atoms with Crippen molar-refractivity contribution in [2.75, 3.05) is 20.2 Å². The van der Waals surface area contributed by atoms with Crippen molar-refractivity contribution in [3.05, 3.63) is 27.7 Å². The van der Waals surface area contributed by atoms with Gasteiger partial charge in [-0.15, -0.1) is 0 Å². The first-order valence-electron chi connectivity index (χ1n) is 5.80. The molecule has 0 unspecified atom stereocenters. The molecule has 0 saturated heterocycles. The molecule has 0 fully saturated rings. The highest BCUT2D eigenvalue weighted by Gasteiger charge is 2.15. The number of carbonyl (C=O) groups is 1. The Morgan fingerprint density at radius 2 is 2.11 bits per heavy atom. The zero-order valence-corrected chi connectivity index (χ0v) is 11.0. The van der Waals surface area contributed by atoms with Gasteiger partial charge in [-0.2, -0.15) is 0 Å². The van der Waals surface area contributed by atoms with Gasteiger partial charge in [0, 0.05) is 24.8 Å².